The highest BCUT2D eigenvalue weighted by molar-refractivity contribution is 5.76. The van der Waals surface area contributed by atoms with Crippen LogP contribution in [0.15, 0.2) is 21.7 Å². The first-order valence-corrected chi connectivity index (χ1v) is 13.0. The maximum atomic E-state index is 6.05. The van der Waals surface area contributed by atoms with Crippen molar-refractivity contribution in [3.8, 4) is 5.88 Å². The molecular formula is C26H44N6O3. The Morgan fingerprint density at radius 2 is 1.89 bits per heavy atom. The van der Waals surface area contributed by atoms with Crippen LogP contribution in [0.2, 0.25) is 0 Å². The summed E-state index contributed by atoms with van der Waals surface area (Å²) < 4.78 is 17.1. The third-order valence-corrected chi connectivity index (χ3v) is 5.59. The summed E-state index contributed by atoms with van der Waals surface area (Å²) in [4.78, 5) is 14.0. The standard InChI is InChI=1S/C24H38N6O3.C2H6/c1-5-7-9-30(8-6-2)22-17-23(32-15-12-29-10-13-31-14-11-29)27-21(26-22)18-25-28-24-16-19(3)20(4)33-24;1-2/h16-18,28H,5-15H2,1-4H3;1-2H3/b25-18+;. The summed E-state index contributed by atoms with van der Waals surface area (Å²) in [6, 6.07) is 3.85. The molecule has 1 aliphatic rings. The summed E-state index contributed by atoms with van der Waals surface area (Å²) >= 11 is 0. The van der Waals surface area contributed by atoms with Crippen molar-refractivity contribution in [2.45, 2.75) is 60.8 Å². The number of furan rings is 1. The van der Waals surface area contributed by atoms with Crippen LogP contribution in [0.5, 0.6) is 5.88 Å². The molecule has 3 heterocycles. The summed E-state index contributed by atoms with van der Waals surface area (Å²) in [6.07, 6.45) is 4.90. The van der Waals surface area contributed by atoms with E-state index in [9.17, 15) is 0 Å². The van der Waals surface area contributed by atoms with Crippen molar-refractivity contribution in [1.82, 2.24) is 14.9 Å². The maximum Gasteiger partial charge on any atom is 0.219 e. The average molecular weight is 489 g/mol. The number of anilines is 2. The van der Waals surface area contributed by atoms with Crippen LogP contribution >= 0.6 is 0 Å². The highest BCUT2D eigenvalue weighted by atomic mass is 16.5. The zero-order valence-electron chi connectivity index (χ0n) is 22.5. The molecule has 0 radical (unpaired) electrons. The number of hydrazone groups is 1. The molecule has 0 bridgehead atoms. The zero-order valence-corrected chi connectivity index (χ0v) is 22.5. The Hall–Kier alpha value is -2.65. The molecule has 3 rings (SSSR count). The number of ether oxygens (including phenoxy) is 2. The second-order valence-corrected chi connectivity index (χ2v) is 8.29. The Labute approximate surface area is 210 Å². The number of nitrogens with one attached hydrogen (secondary N) is 1. The number of hydrogen-bond donors (Lipinski definition) is 1. The number of aromatic nitrogens is 2. The number of aryl methyl sites for hydroxylation is 2. The molecule has 1 saturated heterocycles. The first-order chi connectivity index (χ1) is 17.1. The van der Waals surface area contributed by atoms with E-state index in [1.807, 2.05) is 39.8 Å². The van der Waals surface area contributed by atoms with Crippen LogP contribution in [0.4, 0.5) is 11.7 Å². The molecule has 0 aromatic carbocycles. The monoisotopic (exact) mass is 488 g/mol. The molecule has 0 spiro atoms. The van der Waals surface area contributed by atoms with Crippen molar-refractivity contribution in [3.63, 3.8) is 0 Å². The van der Waals surface area contributed by atoms with Gasteiger partial charge >= 0.3 is 0 Å². The number of morpholine rings is 1. The largest absolute Gasteiger partial charge is 0.476 e. The lowest BCUT2D eigenvalue weighted by molar-refractivity contribution is 0.0320. The van der Waals surface area contributed by atoms with Crippen LogP contribution in [-0.4, -0.2) is 73.6 Å². The van der Waals surface area contributed by atoms with Gasteiger partial charge in [0.15, 0.2) is 5.82 Å². The Morgan fingerprint density at radius 1 is 1.11 bits per heavy atom. The van der Waals surface area contributed by atoms with Gasteiger partial charge in [-0.2, -0.15) is 10.1 Å². The second-order valence-electron chi connectivity index (χ2n) is 8.29. The van der Waals surface area contributed by atoms with E-state index in [2.05, 4.69) is 39.2 Å². The van der Waals surface area contributed by atoms with Crippen LogP contribution in [0.25, 0.3) is 0 Å². The van der Waals surface area contributed by atoms with E-state index in [0.29, 0.717) is 24.2 Å². The van der Waals surface area contributed by atoms with Gasteiger partial charge in [-0.1, -0.05) is 34.1 Å². The van der Waals surface area contributed by atoms with E-state index in [1.54, 1.807) is 6.21 Å². The van der Waals surface area contributed by atoms with Crippen molar-refractivity contribution >= 4 is 17.9 Å². The molecule has 35 heavy (non-hydrogen) atoms. The molecule has 0 aliphatic carbocycles. The van der Waals surface area contributed by atoms with E-state index in [-0.39, 0.29) is 0 Å². The molecular weight excluding hydrogens is 444 g/mol. The minimum Gasteiger partial charge on any atom is -0.476 e. The molecule has 1 aliphatic heterocycles. The van der Waals surface area contributed by atoms with Gasteiger partial charge in [-0.05, 0) is 32.3 Å². The summed E-state index contributed by atoms with van der Waals surface area (Å²) in [5.74, 6) is 3.40. The van der Waals surface area contributed by atoms with E-state index in [0.717, 1.165) is 82.3 Å². The zero-order chi connectivity index (χ0) is 25.5. The minimum absolute atomic E-state index is 0.499. The van der Waals surface area contributed by atoms with Crippen molar-refractivity contribution in [1.29, 1.82) is 0 Å². The molecule has 9 nitrogen and oxygen atoms in total. The molecule has 2 aromatic heterocycles. The average Bonchev–Trinajstić information content (AvgIpc) is 3.20. The molecule has 0 unspecified atom stereocenters. The van der Waals surface area contributed by atoms with Crippen LogP contribution in [0, 0.1) is 13.8 Å². The fourth-order valence-corrected chi connectivity index (χ4v) is 3.57. The maximum absolute atomic E-state index is 6.05. The number of rotatable bonds is 13. The third kappa shape index (κ3) is 9.85. The van der Waals surface area contributed by atoms with Gasteiger partial charge in [0.05, 0.1) is 19.4 Å². The van der Waals surface area contributed by atoms with E-state index >= 15 is 0 Å². The predicted molar refractivity (Wildman–Crippen MR) is 143 cm³/mol. The molecule has 0 saturated carbocycles. The first kappa shape index (κ1) is 28.6. The highest BCUT2D eigenvalue weighted by Crippen LogP contribution is 2.20. The second kappa shape index (κ2) is 16.1. The van der Waals surface area contributed by atoms with E-state index in [4.69, 9.17) is 18.9 Å². The molecule has 0 atom stereocenters. The van der Waals surface area contributed by atoms with E-state index in [1.165, 1.54) is 0 Å². The third-order valence-electron chi connectivity index (χ3n) is 5.59. The van der Waals surface area contributed by atoms with Gasteiger partial charge in [-0.3, -0.25) is 4.90 Å². The Morgan fingerprint density at radius 3 is 2.54 bits per heavy atom. The highest BCUT2D eigenvalue weighted by Gasteiger charge is 2.13. The fourth-order valence-electron chi connectivity index (χ4n) is 3.57. The molecule has 1 N–H and O–H groups in total. The molecule has 9 heteroatoms. The van der Waals surface area contributed by atoms with Gasteiger partial charge in [0.2, 0.25) is 11.8 Å². The number of nitrogens with zero attached hydrogens (tertiary/aromatic N) is 5. The van der Waals surface area contributed by atoms with E-state index < -0.39 is 0 Å². The number of unbranched alkanes of at least 4 members (excludes halogenated alkanes) is 1. The van der Waals surface area contributed by atoms with Crippen LogP contribution in [0.3, 0.4) is 0 Å². The molecule has 0 amide bonds. The van der Waals surface area contributed by atoms with Gasteiger partial charge in [-0.25, -0.2) is 10.4 Å². The fraction of sp³-hybridized carbons (Fsp3) is 0.654. The summed E-state index contributed by atoms with van der Waals surface area (Å²) in [5, 5.41) is 4.28. The summed E-state index contributed by atoms with van der Waals surface area (Å²) in [5.41, 5.74) is 4.00. The van der Waals surface area contributed by atoms with Gasteiger partial charge in [-0.15, -0.1) is 0 Å². The van der Waals surface area contributed by atoms with Crippen molar-refractivity contribution in [3.05, 3.63) is 29.3 Å². The van der Waals surface area contributed by atoms with Gasteiger partial charge < -0.3 is 18.8 Å². The normalized spacial score (nSPS) is 14.0. The quantitative estimate of drug-likeness (QED) is 0.315. The van der Waals surface area contributed by atoms with Crippen molar-refractivity contribution < 1.29 is 13.9 Å². The van der Waals surface area contributed by atoms with Crippen LogP contribution in [0.1, 0.15) is 64.1 Å². The Kier molecular flexibility index (Phi) is 13.2. The Balaban J connectivity index is 0.00000210. The molecule has 2 aromatic rings. The van der Waals surface area contributed by atoms with Gasteiger partial charge in [0.25, 0.3) is 0 Å². The van der Waals surface area contributed by atoms with Crippen molar-refractivity contribution in [2.24, 2.45) is 5.10 Å². The van der Waals surface area contributed by atoms with Crippen LogP contribution < -0.4 is 15.1 Å². The molecule has 1 fully saturated rings. The summed E-state index contributed by atoms with van der Waals surface area (Å²) in [6.45, 7) is 19.1. The smallest absolute Gasteiger partial charge is 0.219 e. The molecule has 196 valence electrons. The number of hydrogen-bond acceptors (Lipinski definition) is 9. The topological polar surface area (TPSA) is 88.2 Å². The van der Waals surface area contributed by atoms with Crippen molar-refractivity contribution in [2.75, 3.05) is 62.9 Å². The Bertz CT molecular complexity index is 860. The lowest BCUT2D eigenvalue weighted by Crippen LogP contribution is -2.38. The predicted octanol–water partition coefficient (Wildman–Crippen LogP) is 4.89. The van der Waals surface area contributed by atoms with Gasteiger partial charge in [0, 0.05) is 44.9 Å². The van der Waals surface area contributed by atoms with Gasteiger partial charge in [0.1, 0.15) is 18.2 Å². The SMILES string of the molecule is CC.CCCCN(CCC)c1cc(OCCN2CCOCC2)nc(/C=N/Nc2cc(C)c(C)o2)n1. The lowest BCUT2D eigenvalue weighted by Gasteiger charge is -2.26. The summed E-state index contributed by atoms with van der Waals surface area (Å²) in [7, 11) is 0. The minimum atomic E-state index is 0.499. The first-order valence-electron chi connectivity index (χ1n) is 13.0. The lowest BCUT2D eigenvalue weighted by atomic mass is 10.3. The van der Waals surface area contributed by atoms with Crippen LogP contribution in [-0.2, 0) is 4.74 Å².